The maximum absolute atomic E-state index is 5.65. The van der Waals surface area contributed by atoms with Gasteiger partial charge in [-0.2, -0.15) is 0 Å². The van der Waals surface area contributed by atoms with Gasteiger partial charge in [0.2, 0.25) is 0 Å². The van der Waals surface area contributed by atoms with Gasteiger partial charge in [-0.25, -0.2) is 0 Å². The molecule has 96 valence electrons. The lowest BCUT2D eigenvalue weighted by atomic mass is 10.0. The Morgan fingerprint density at radius 1 is 1.35 bits per heavy atom. The van der Waals surface area contributed by atoms with Crippen LogP contribution in [0, 0.1) is 0 Å². The third-order valence-corrected chi connectivity index (χ3v) is 3.19. The Morgan fingerprint density at radius 2 is 2.06 bits per heavy atom. The van der Waals surface area contributed by atoms with Crippen LogP contribution < -0.4 is 10.6 Å². The van der Waals surface area contributed by atoms with Crippen molar-refractivity contribution in [2.45, 2.75) is 32.4 Å². The maximum atomic E-state index is 5.65. The highest BCUT2D eigenvalue weighted by Gasteiger charge is 2.16. The van der Waals surface area contributed by atoms with Gasteiger partial charge >= 0.3 is 0 Å². The van der Waals surface area contributed by atoms with Crippen molar-refractivity contribution in [1.82, 2.24) is 0 Å². The molecule has 0 spiro atoms. The number of benzene rings is 1. The fourth-order valence-electron chi connectivity index (χ4n) is 1.59. The molecule has 0 unspecified atom stereocenters. The lowest BCUT2D eigenvalue weighted by Crippen LogP contribution is -2.30. The SMILES string of the molecule is COC(C)(C)CCN(C)c1cccc(CN)c1. The monoisotopic (exact) mass is 236 g/mol. The van der Waals surface area contributed by atoms with Crippen LogP contribution in [-0.4, -0.2) is 26.3 Å². The van der Waals surface area contributed by atoms with E-state index < -0.39 is 0 Å². The molecule has 0 aliphatic heterocycles. The second-order valence-corrected chi connectivity index (χ2v) is 5.01. The molecule has 0 aliphatic carbocycles. The summed E-state index contributed by atoms with van der Waals surface area (Å²) in [6, 6.07) is 8.35. The summed E-state index contributed by atoms with van der Waals surface area (Å²) in [6.45, 7) is 5.77. The van der Waals surface area contributed by atoms with Crippen LogP contribution in [-0.2, 0) is 11.3 Å². The molecule has 0 bridgehead atoms. The zero-order valence-corrected chi connectivity index (χ0v) is 11.4. The summed E-state index contributed by atoms with van der Waals surface area (Å²) >= 11 is 0. The minimum atomic E-state index is -0.0697. The quantitative estimate of drug-likeness (QED) is 0.824. The smallest absolute Gasteiger partial charge is 0.0639 e. The molecule has 2 N–H and O–H groups in total. The summed E-state index contributed by atoms with van der Waals surface area (Å²) in [5.41, 5.74) is 7.95. The number of anilines is 1. The molecule has 0 saturated heterocycles. The van der Waals surface area contributed by atoms with Gasteiger partial charge in [0.25, 0.3) is 0 Å². The van der Waals surface area contributed by atoms with Gasteiger partial charge in [-0.3, -0.25) is 0 Å². The largest absolute Gasteiger partial charge is 0.379 e. The second kappa shape index (κ2) is 6.03. The van der Waals surface area contributed by atoms with Crippen molar-refractivity contribution < 1.29 is 4.74 Å². The molecule has 0 saturated carbocycles. The first-order valence-corrected chi connectivity index (χ1v) is 6.04. The van der Waals surface area contributed by atoms with Gasteiger partial charge in [-0.05, 0) is 38.0 Å². The highest BCUT2D eigenvalue weighted by molar-refractivity contribution is 5.47. The lowest BCUT2D eigenvalue weighted by molar-refractivity contribution is 0.0174. The molecule has 0 aromatic heterocycles. The molecule has 0 amide bonds. The zero-order valence-electron chi connectivity index (χ0n) is 11.4. The van der Waals surface area contributed by atoms with E-state index in [0.717, 1.165) is 13.0 Å². The van der Waals surface area contributed by atoms with Crippen LogP contribution >= 0.6 is 0 Å². The Hall–Kier alpha value is -1.06. The van der Waals surface area contributed by atoms with Crippen LogP contribution in [0.15, 0.2) is 24.3 Å². The van der Waals surface area contributed by atoms with E-state index in [1.807, 2.05) is 0 Å². The van der Waals surface area contributed by atoms with E-state index in [1.165, 1.54) is 11.3 Å². The molecule has 1 aromatic carbocycles. The molecular formula is C14H24N2O. The minimum Gasteiger partial charge on any atom is -0.379 e. The molecule has 0 heterocycles. The Bertz CT molecular complexity index is 350. The van der Waals surface area contributed by atoms with Crippen molar-refractivity contribution in [3.05, 3.63) is 29.8 Å². The van der Waals surface area contributed by atoms with E-state index in [9.17, 15) is 0 Å². The third kappa shape index (κ3) is 4.36. The fraction of sp³-hybridized carbons (Fsp3) is 0.571. The van der Waals surface area contributed by atoms with Crippen molar-refractivity contribution in [2.75, 3.05) is 25.6 Å². The van der Waals surface area contributed by atoms with Crippen LogP contribution in [0.4, 0.5) is 5.69 Å². The van der Waals surface area contributed by atoms with E-state index in [2.05, 4.69) is 50.1 Å². The van der Waals surface area contributed by atoms with Crippen molar-refractivity contribution >= 4 is 5.69 Å². The first-order chi connectivity index (χ1) is 7.98. The molecule has 0 atom stereocenters. The normalized spacial score (nSPS) is 11.6. The van der Waals surface area contributed by atoms with Crippen molar-refractivity contribution in [3.63, 3.8) is 0 Å². The van der Waals surface area contributed by atoms with Crippen LogP contribution in [0.3, 0.4) is 0 Å². The van der Waals surface area contributed by atoms with Gasteiger partial charge in [0.1, 0.15) is 0 Å². The number of nitrogens with two attached hydrogens (primary N) is 1. The molecule has 0 radical (unpaired) electrons. The molecule has 3 nitrogen and oxygen atoms in total. The van der Waals surface area contributed by atoms with Crippen LogP contribution in [0.25, 0.3) is 0 Å². The van der Waals surface area contributed by atoms with Crippen LogP contribution in [0.2, 0.25) is 0 Å². The summed E-state index contributed by atoms with van der Waals surface area (Å²) in [5.74, 6) is 0. The van der Waals surface area contributed by atoms with Crippen molar-refractivity contribution in [1.29, 1.82) is 0 Å². The average Bonchev–Trinajstić information content (AvgIpc) is 2.36. The molecule has 1 aromatic rings. The lowest BCUT2D eigenvalue weighted by Gasteiger charge is -2.27. The molecule has 0 aliphatic rings. The van der Waals surface area contributed by atoms with Gasteiger partial charge in [0, 0.05) is 32.9 Å². The fourth-order valence-corrected chi connectivity index (χ4v) is 1.59. The van der Waals surface area contributed by atoms with E-state index >= 15 is 0 Å². The number of nitrogens with zero attached hydrogens (tertiary/aromatic N) is 1. The topological polar surface area (TPSA) is 38.5 Å². The molecule has 3 heteroatoms. The van der Waals surface area contributed by atoms with Gasteiger partial charge in [0.15, 0.2) is 0 Å². The predicted octanol–water partition coefficient (Wildman–Crippen LogP) is 2.40. The number of hydrogen-bond donors (Lipinski definition) is 1. The summed E-state index contributed by atoms with van der Waals surface area (Å²) < 4.78 is 5.42. The molecule has 0 fully saturated rings. The average molecular weight is 236 g/mol. The van der Waals surface area contributed by atoms with E-state index in [4.69, 9.17) is 10.5 Å². The summed E-state index contributed by atoms with van der Waals surface area (Å²) in [6.07, 6.45) is 0.993. The van der Waals surface area contributed by atoms with E-state index in [1.54, 1.807) is 7.11 Å². The molecule has 17 heavy (non-hydrogen) atoms. The molecular weight excluding hydrogens is 212 g/mol. The third-order valence-electron chi connectivity index (χ3n) is 3.19. The van der Waals surface area contributed by atoms with Gasteiger partial charge in [-0.1, -0.05) is 12.1 Å². The Kier molecular flexibility index (Phi) is 4.97. The summed E-state index contributed by atoms with van der Waals surface area (Å²) in [7, 11) is 3.86. The first kappa shape index (κ1) is 14.0. The Morgan fingerprint density at radius 3 is 2.65 bits per heavy atom. The molecule has 1 rings (SSSR count). The number of hydrogen-bond acceptors (Lipinski definition) is 3. The summed E-state index contributed by atoms with van der Waals surface area (Å²) in [4.78, 5) is 2.24. The second-order valence-electron chi connectivity index (χ2n) is 5.01. The number of methoxy groups -OCH3 is 1. The van der Waals surface area contributed by atoms with Gasteiger partial charge < -0.3 is 15.4 Å². The van der Waals surface area contributed by atoms with Crippen LogP contribution in [0.1, 0.15) is 25.8 Å². The van der Waals surface area contributed by atoms with Gasteiger partial charge in [0.05, 0.1) is 5.60 Å². The Balaban J connectivity index is 2.60. The Labute approximate surface area is 105 Å². The van der Waals surface area contributed by atoms with Crippen LogP contribution in [0.5, 0.6) is 0 Å². The first-order valence-electron chi connectivity index (χ1n) is 6.04. The standard InChI is InChI=1S/C14H24N2O/c1-14(2,17-4)8-9-16(3)13-7-5-6-12(10-13)11-15/h5-7,10H,8-9,11,15H2,1-4H3. The van der Waals surface area contributed by atoms with E-state index in [0.29, 0.717) is 6.54 Å². The van der Waals surface area contributed by atoms with Crippen molar-refractivity contribution in [2.24, 2.45) is 5.73 Å². The van der Waals surface area contributed by atoms with E-state index in [-0.39, 0.29) is 5.60 Å². The number of rotatable bonds is 6. The highest BCUT2D eigenvalue weighted by Crippen LogP contribution is 2.18. The van der Waals surface area contributed by atoms with Gasteiger partial charge in [-0.15, -0.1) is 0 Å². The zero-order chi connectivity index (χ0) is 12.9. The highest BCUT2D eigenvalue weighted by atomic mass is 16.5. The number of ether oxygens (including phenoxy) is 1. The predicted molar refractivity (Wildman–Crippen MR) is 73.3 cm³/mol. The maximum Gasteiger partial charge on any atom is 0.0639 e. The summed E-state index contributed by atoms with van der Waals surface area (Å²) in [5, 5.41) is 0. The van der Waals surface area contributed by atoms with Crippen molar-refractivity contribution in [3.8, 4) is 0 Å². The minimum absolute atomic E-state index is 0.0697.